The molecule has 3 aromatic rings. The van der Waals surface area contributed by atoms with Crippen LogP contribution in [-0.2, 0) is 11.3 Å². The number of ketones is 1. The van der Waals surface area contributed by atoms with E-state index in [1.165, 1.54) is 11.8 Å². The van der Waals surface area contributed by atoms with Crippen molar-refractivity contribution >= 4 is 34.4 Å². The summed E-state index contributed by atoms with van der Waals surface area (Å²) in [5, 5.41) is 3.74. The fourth-order valence-electron chi connectivity index (χ4n) is 3.79. The molecule has 1 saturated heterocycles. The number of rotatable bonds is 8. The number of carbonyl (C=O) groups is 2. The molecule has 0 saturated carbocycles. The molecule has 1 atom stereocenters. The zero-order valence-electron chi connectivity index (χ0n) is 18.7. The van der Waals surface area contributed by atoms with E-state index in [0.29, 0.717) is 40.3 Å². The van der Waals surface area contributed by atoms with E-state index < -0.39 is 0 Å². The molecule has 0 unspecified atom stereocenters. The molecule has 172 valence electrons. The van der Waals surface area contributed by atoms with Gasteiger partial charge in [-0.1, -0.05) is 42.1 Å². The Morgan fingerprint density at radius 3 is 2.67 bits per heavy atom. The molecule has 7 nitrogen and oxygen atoms in total. The highest BCUT2D eigenvalue weighted by atomic mass is 32.2. The van der Waals surface area contributed by atoms with Gasteiger partial charge in [-0.05, 0) is 44.9 Å². The lowest BCUT2D eigenvalue weighted by Gasteiger charge is -2.17. The molecule has 0 radical (unpaired) electrons. The molecule has 1 N–H and O–H groups in total. The van der Waals surface area contributed by atoms with Crippen molar-refractivity contribution in [1.82, 2.24) is 14.9 Å². The monoisotopic (exact) mass is 465 g/mol. The molecule has 2 aromatic carbocycles. The highest BCUT2D eigenvalue weighted by Crippen LogP contribution is 2.22. The van der Waals surface area contributed by atoms with Crippen LogP contribution in [0.15, 0.2) is 58.5 Å². The Morgan fingerprint density at radius 2 is 1.97 bits per heavy atom. The number of thioether (sulfide) groups is 1. The van der Waals surface area contributed by atoms with Crippen LogP contribution in [-0.4, -0.2) is 45.7 Å². The minimum absolute atomic E-state index is 0.00400. The predicted octanol–water partition coefficient (Wildman–Crippen LogP) is 3.69. The number of amides is 1. The molecule has 0 spiro atoms. The lowest BCUT2D eigenvalue weighted by Crippen LogP contribution is -2.31. The van der Waals surface area contributed by atoms with E-state index in [1.807, 2.05) is 32.0 Å². The highest BCUT2D eigenvalue weighted by Gasteiger charge is 2.21. The summed E-state index contributed by atoms with van der Waals surface area (Å²) >= 11 is 1.23. The van der Waals surface area contributed by atoms with Gasteiger partial charge in [-0.2, -0.15) is 0 Å². The maximum absolute atomic E-state index is 13.4. The smallest absolute Gasteiger partial charge is 0.262 e. The van der Waals surface area contributed by atoms with Gasteiger partial charge in [-0.25, -0.2) is 4.98 Å². The number of carbonyl (C=O) groups excluding carboxylic acids is 2. The average molecular weight is 466 g/mol. The number of ether oxygens (including phenoxy) is 1. The lowest BCUT2D eigenvalue weighted by molar-refractivity contribution is 0.0936. The number of hydrogen-bond donors (Lipinski definition) is 1. The minimum Gasteiger partial charge on any atom is -0.376 e. The minimum atomic E-state index is -0.217. The van der Waals surface area contributed by atoms with Gasteiger partial charge in [-0.3, -0.25) is 19.0 Å². The van der Waals surface area contributed by atoms with Gasteiger partial charge in [0.15, 0.2) is 10.9 Å². The SMILES string of the molecule is CC(C)NC(=O)c1ccc2c(=O)n(C[C@H]3CCCO3)c(SCC(=O)c3ccccc3)nc2c1. The number of nitrogens with one attached hydrogen (secondary N) is 1. The maximum Gasteiger partial charge on any atom is 0.262 e. The van der Waals surface area contributed by atoms with Crippen LogP contribution >= 0.6 is 11.8 Å². The van der Waals surface area contributed by atoms with E-state index in [0.717, 1.165) is 12.8 Å². The van der Waals surface area contributed by atoms with Crippen LogP contribution in [0.25, 0.3) is 10.9 Å². The van der Waals surface area contributed by atoms with Gasteiger partial charge in [0.2, 0.25) is 0 Å². The Morgan fingerprint density at radius 1 is 1.18 bits per heavy atom. The van der Waals surface area contributed by atoms with Crippen LogP contribution in [0.1, 0.15) is 47.4 Å². The Balaban J connectivity index is 1.69. The van der Waals surface area contributed by atoms with Gasteiger partial charge >= 0.3 is 0 Å². The number of hydrogen-bond acceptors (Lipinski definition) is 6. The largest absolute Gasteiger partial charge is 0.376 e. The van der Waals surface area contributed by atoms with E-state index in [9.17, 15) is 14.4 Å². The third-order valence-corrected chi connectivity index (χ3v) is 6.42. The normalized spacial score (nSPS) is 15.8. The van der Waals surface area contributed by atoms with Crippen LogP contribution in [0.5, 0.6) is 0 Å². The first-order chi connectivity index (χ1) is 15.9. The molecule has 33 heavy (non-hydrogen) atoms. The first kappa shape index (κ1) is 23.2. The van der Waals surface area contributed by atoms with Gasteiger partial charge in [0, 0.05) is 23.8 Å². The Bertz CT molecular complexity index is 1220. The van der Waals surface area contributed by atoms with Gasteiger partial charge < -0.3 is 10.1 Å². The van der Waals surface area contributed by atoms with E-state index in [1.54, 1.807) is 34.9 Å². The fourth-order valence-corrected chi connectivity index (χ4v) is 4.69. The molecule has 0 aliphatic carbocycles. The fraction of sp³-hybridized carbons (Fsp3) is 0.360. The summed E-state index contributed by atoms with van der Waals surface area (Å²) in [7, 11) is 0. The number of nitrogens with zero attached hydrogens (tertiary/aromatic N) is 2. The molecule has 8 heteroatoms. The molecular weight excluding hydrogens is 438 g/mol. The van der Waals surface area contributed by atoms with Crippen molar-refractivity contribution in [1.29, 1.82) is 0 Å². The molecule has 1 aromatic heterocycles. The van der Waals surface area contributed by atoms with Crippen LogP contribution < -0.4 is 10.9 Å². The summed E-state index contributed by atoms with van der Waals surface area (Å²) in [6.45, 7) is 4.85. The molecular formula is C25H27N3O4S. The predicted molar refractivity (Wildman–Crippen MR) is 129 cm³/mol. The second kappa shape index (κ2) is 10.3. The number of Topliss-reactive ketones (excluding diaryl/α,β-unsaturated/α-hetero) is 1. The Kier molecular flexibility index (Phi) is 7.25. The summed E-state index contributed by atoms with van der Waals surface area (Å²) in [5.41, 5.74) is 1.30. The summed E-state index contributed by atoms with van der Waals surface area (Å²) in [5.74, 6) is -0.101. The van der Waals surface area contributed by atoms with Crippen LogP contribution in [0, 0.1) is 0 Å². The molecule has 1 amide bonds. The van der Waals surface area contributed by atoms with E-state index in [-0.39, 0.29) is 35.1 Å². The van der Waals surface area contributed by atoms with Gasteiger partial charge in [0.05, 0.1) is 29.3 Å². The quantitative estimate of drug-likeness (QED) is 0.310. The second-order valence-electron chi connectivity index (χ2n) is 8.38. The van der Waals surface area contributed by atoms with Gasteiger partial charge in [0.1, 0.15) is 0 Å². The standard InChI is InChI=1S/C25H27N3O4S/c1-16(2)26-23(30)18-10-11-20-21(13-18)27-25(28(24(20)31)14-19-9-6-12-32-19)33-15-22(29)17-7-4-3-5-8-17/h3-5,7-8,10-11,13,16,19H,6,9,12,14-15H2,1-2H3,(H,26,30)/t19-/m1/s1. The molecule has 1 fully saturated rings. The molecule has 4 rings (SSSR count). The lowest BCUT2D eigenvalue weighted by atomic mass is 10.1. The van der Waals surface area contributed by atoms with Crippen molar-refractivity contribution in [2.75, 3.05) is 12.4 Å². The van der Waals surface area contributed by atoms with Crippen molar-refractivity contribution in [3.05, 3.63) is 70.0 Å². The number of fused-ring (bicyclic) bond motifs is 1. The van der Waals surface area contributed by atoms with Crippen molar-refractivity contribution < 1.29 is 14.3 Å². The Hall–Kier alpha value is -2.97. The molecule has 0 bridgehead atoms. The summed E-state index contributed by atoms with van der Waals surface area (Å²) in [6.07, 6.45) is 1.79. The van der Waals surface area contributed by atoms with E-state index in [2.05, 4.69) is 5.32 Å². The second-order valence-corrected chi connectivity index (χ2v) is 9.33. The van der Waals surface area contributed by atoms with Crippen LogP contribution in [0.4, 0.5) is 0 Å². The first-order valence-corrected chi connectivity index (χ1v) is 12.1. The molecule has 2 heterocycles. The molecule has 1 aliphatic rings. The van der Waals surface area contributed by atoms with Crippen molar-refractivity contribution in [3.8, 4) is 0 Å². The topological polar surface area (TPSA) is 90.3 Å². The van der Waals surface area contributed by atoms with Crippen LogP contribution in [0.2, 0.25) is 0 Å². The van der Waals surface area contributed by atoms with Gasteiger partial charge in [-0.15, -0.1) is 0 Å². The van der Waals surface area contributed by atoms with Gasteiger partial charge in [0.25, 0.3) is 11.5 Å². The third-order valence-electron chi connectivity index (χ3n) is 5.44. The summed E-state index contributed by atoms with van der Waals surface area (Å²) in [6, 6.07) is 14.0. The zero-order chi connectivity index (χ0) is 23.4. The Labute approximate surface area is 196 Å². The van der Waals surface area contributed by atoms with E-state index in [4.69, 9.17) is 9.72 Å². The molecule has 1 aliphatic heterocycles. The van der Waals surface area contributed by atoms with Crippen molar-refractivity contribution in [2.45, 2.75) is 50.5 Å². The maximum atomic E-state index is 13.4. The summed E-state index contributed by atoms with van der Waals surface area (Å²) in [4.78, 5) is 43.2. The first-order valence-electron chi connectivity index (χ1n) is 11.1. The average Bonchev–Trinajstić information content (AvgIpc) is 3.32. The van der Waals surface area contributed by atoms with Crippen molar-refractivity contribution in [3.63, 3.8) is 0 Å². The summed E-state index contributed by atoms with van der Waals surface area (Å²) < 4.78 is 7.35. The van der Waals surface area contributed by atoms with Crippen molar-refractivity contribution in [2.24, 2.45) is 0 Å². The van der Waals surface area contributed by atoms with E-state index >= 15 is 0 Å². The number of aromatic nitrogens is 2. The highest BCUT2D eigenvalue weighted by molar-refractivity contribution is 7.99. The third kappa shape index (κ3) is 5.51. The zero-order valence-corrected chi connectivity index (χ0v) is 19.6. The number of benzene rings is 2. The van der Waals surface area contributed by atoms with Crippen LogP contribution in [0.3, 0.4) is 0 Å².